The van der Waals surface area contributed by atoms with E-state index in [0.29, 0.717) is 34.9 Å². The minimum atomic E-state index is -3.70. The van der Waals surface area contributed by atoms with Gasteiger partial charge in [0.25, 0.3) is 0 Å². The minimum Gasteiger partial charge on any atom is -0.383 e. The molecule has 1 aromatic heterocycles. The average molecular weight is 561 g/mol. The number of nitrogens with zero attached hydrogens (tertiary/aromatic N) is 3. The van der Waals surface area contributed by atoms with Crippen LogP contribution in [0.3, 0.4) is 0 Å². The molecule has 0 spiro atoms. The number of nitriles is 1. The average Bonchev–Trinajstić information content (AvgIpc) is 3.61. The van der Waals surface area contributed by atoms with E-state index < -0.39 is 15.3 Å². The van der Waals surface area contributed by atoms with E-state index >= 15 is 0 Å². The van der Waals surface area contributed by atoms with Crippen LogP contribution in [0.15, 0.2) is 59.4 Å². The molecule has 5 rings (SSSR count). The highest BCUT2D eigenvalue weighted by atomic mass is 32.2. The molecule has 0 amide bonds. The standard InChI is InChI=1S/C28H33BFN7O2S/c1-27(2,3)16-33-25-17(13-31)14-32-26-22(25)11-20(12-23(26)40(4,38)39)34-28(29,18-5-7-19(30)8-6-18)24-15-37(36-35-24)21-9-10-21/h5-8,11-12,14-15,21,34-36H,9-10,16,29H2,1-4H3,(H,32,33). The largest absolute Gasteiger partial charge is 0.383 e. The Labute approximate surface area is 235 Å². The highest BCUT2D eigenvalue weighted by Gasteiger charge is 2.38. The van der Waals surface area contributed by atoms with Gasteiger partial charge in [-0.15, -0.1) is 5.53 Å². The Morgan fingerprint density at radius 2 is 1.93 bits per heavy atom. The van der Waals surface area contributed by atoms with Crippen LogP contribution in [-0.4, -0.2) is 45.1 Å². The van der Waals surface area contributed by atoms with Crippen LogP contribution in [0.5, 0.6) is 0 Å². The number of nitrogens with one attached hydrogen (secondary N) is 4. The molecule has 0 radical (unpaired) electrons. The van der Waals surface area contributed by atoms with Crippen LogP contribution in [0.4, 0.5) is 15.8 Å². The number of hydrazine groups is 2. The van der Waals surface area contributed by atoms with Gasteiger partial charge in [-0.3, -0.25) is 9.99 Å². The van der Waals surface area contributed by atoms with Crippen molar-refractivity contribution < 1.29 is 12.8 Å². The van der Waals surface area contributed by atoms with Gasteiger partial charge in [-0.1, -0.05) is 32.9 Å². The third-order valence-electron chi connectivity index (χ3n) is 7.13. The molecule has 1 atom stereocenters. The van der Waals surface area contributed by atoms with E-state index in [1.807, 2.05) is 25.1 Å². The predicted octanol–water partition coefficient (Wildman–Crippen LogP) is 3.33. The molecular weight excluding hydrogens is 528 g/mol. The number of fused-ring (bicyclic) bond motifs is 1. The van der Waals surface area contributed by atoms with Crippen LogP contribution < -0.4 is 21.6 Å². The smallest absolute Gasteiger partial charge is 0.177 e. The second-order valence-electron chi connectivity index (χ2n) is 11.9. The Balaban J connectivity index is 1.68. The Kier molecular flexibility index (Phi) is 6.92. The van der Waals surface area contributed by atoms with Gasteiger partial charge in [0.15, 0.2) is 9.84 Å². The number of pyridine rings is 1. The first kappa shape index (κ1) is 27.7. The fraction of sp³-hybridized carbons (Fsp3) is 0.357. The lowest BCUT2D eigenvalue weighted by molar-refractivity contribution is 0.260. The Morgan fingerprint density at radius 3 is 2.52 bits per heavy atom. The number of rotatable bonds is 8. The van der Waals surface area contributed by atoms with Gasteiger partial charge >= 0.3 is 0 Å². The minimum absolute atomic E-state index is 0.0448. The molecule has 0 saturated heterocycles. The van der Waals surface area contributed by atoms with Crippen molar-refractivity contribution in [3.05, 3.63) is 71.4 Å². The van der Waals surface area contributed by atoms with Crippen molar-refractivity contribution in [2.75, 3.05) is 23.4 Å². The lowest BCUT2D eigenvalue weighted by atomic mass is 9.69. The van der Waals surface area contributed by atoms with Crippen LogP contribution in [0.25, 0.3) is 10.9 Å². The fourth-order valence-corrected chi connectivity index (χ4v) is 5.61. The summed E-state index contributed by atoms with van der Waals surface area (Å²) in [5.74, 6) is -0.355. The Hall–Kier alpha value is -3.82. The maximum atomic E-state index is 13.9. The summed E-state index contributed by atoms with van der Waals surface area (Å²) in [6.45, 7) is 6.76. The summed E-state index contributed by atoms with van der Waals surface area (Å²) >= 11 is 0. The molecule has 0 bridgehead atoms. The summed E-state index contributed by atoms with van der Waals surface area (Å²) in [4.78, 5) is 4.44. The van der Waals surface area contributed by atoms with Crippen molar-refractivity contribution >= 4 is 40.0 Å². The fourth-order valence-electron chi connectivity index (χ4n) is 4.75. The molecule has 4 N–H and O–H groups in total. The first-order chi connectivity index (χ1) is 18.8. The van der Waals surface area contributed by atoms with Gasteiger partial charge in [0.2, 0.25) is 0 Å². The van der Waals surface area contributed by atoms with Gasteiger partial charge < -0.3 is 16.1 Å². The van der Waals surface area contributed by atoms with E-state index in [1.54, 1.807) is 18.2 Å². The summed E-state index contributed by atoms with van der Waals surface area (Å²) in [5, 5.41) is 19.3. The molecule has 40 heavy (non-hydrogen) atoms. The van der Waals surface area contributed by atoms with Gasteiger partial charge in [-0.05, 0) is 48.1 Å². The van der Waals surface area contributed by atoms with Gasteiger partial charge in [0.05, 0.1) is 32.8 Å². The third-order valence-corrected chi connectivity index (χ3v) is 8.24. The molecule has 1 fully saturated rings. The summed E-state index contributed by atoms with van der Waals surface area (Å²) in [5.41, 5.74) is 8.60. The van der Waals surface area contributed by atoms with E-state index in [1.165, 1.54) is 18.3 Å². The highest BCUT2D eigenvalue weighted by Crippen LogP contribution is 2.38. The van der Waals surface area contributed by atoms with Gasteiger partial charge in [0, 0.05) is 42.3 Å². The Morgan fingerprint density at radius 1 is 1.23 bits per heavy atom. The molecule has 1 unspecified atom stereocenters. The van der Waals surface area contributed by atoms with Crippen molar-refractivity contribution in [1.82, 2.24) is 21.0 Å². The van der Waals surface area contributed by atoms with Gasteiger partial charge in [0.1, 0.15) is 19.7 Å². The molecule has 9 nitrogen and oxygen atoms in total. The van der Waals surface area contributed by atoms with Crippen molar-refractivity contribution in [2.24, 2.45) is 5.41 Å². The second-order valence-corrected chi connectivity index (χ2v) is 13.9. The summed E-state index contributed by atoms with van der Waals surface area (Å²) in [6.07, 6.45) is 6.70. The number of aromatic nitrogens is 1. The van der Waals surface area contributed by atoms with Crippen LogP contribution in [0.1, 0.15) is 44.7 Å². The molecular formula is C28H33BFN7O2S. The van der Waals surface area contributed by atoms with Gasteiger partial charge in [-0.25, -0.2) is 12.8 Å². The number of sulfone groups is 1. The quantitative estimate of drug-likeness (QED) is 0.307. The molecule has 2 aromatic carbocycles. The van der Waals surface area contributed by atoms with E-state index in [4.69, 9.17) is 0 Å². The zero-order chi connectivity index (χ0) is 28.9. The van der Waals surface area contributed by atoms with Crippen molar-refractivity contribution in [2.45, 2.75) is 50.0 Å². The Bertz CT molecular complexity index is 1640. The summed E-state index contributed by atoms with van der Waals surface area (Å²) in [6, 6.07) is 12.2. The zero-order valence-electron chi connectivity index (χ0n) is 23.3. The second kappa shape index (κ2) is 9.98. The number of anilines is 2. The molecule has 3 aromatic rings. The monoisotopic (exact) mass is 561 g/mol. The number of hydrogen-bond acceptors (Lipinski definition) is 9. The normalized spacial score (nSPS) is 17.1. The maximum absolute atomic E-state index is 13.9. The lowest BCUT2D eigenvalue weighted by Crippen LogP contribution is -2.45. The molecule has 1 aliphatic carbocycles. The molecule has 1 aliphatic heterocycles. The van der Waals surface area contributed by atoms with E-state index in [2.05, 4.69) is 53.4 Å². The maximum Gasteiger partial charge on any atom is 0.177 e. The molecule has 1 saturated carbocycles. The molecule has 2 aliphatic rings. The molecule has 12 heteroatoms. The predicted molar refractivity (Wildman–Crippen MR) is 157 cm³/mol. The first-order valence-electron chi connectivity index (χ1n) is 13.2. The van der Waals surface area contributed by atoms with Crippen LogP contribution in [0, 0.1) is 22.6 Å². The van der Waals surface area contributed by atoms with Crippen LogP contribution in [0.2, 0.25) is 0 Å². The SMILES string of the molecule is BC(Nc1cc(S(C)(=O)=O)c2ncc(C#N)c(NCC(C)(C)C)c2c1)(C1=CN(C2CC2)NN1)c1ccc(F)cc1. The highest BCUT2D eigenvalue weighted by molar-refractivity contribution is 7.91. The van der Waals surface area contributed by atoms with E-state index in [-0.39, 0.29) is 21.6 Å². The van der Waals surface area contributed by atoms with Gasteiger partial charge in [-0.2, -0.15) is 5.26 Å². The van der Waals surface area contributed by atoms with Crippen molar-refractivity contribution in [3.63, 3.8) is 0 Å². The van der Waals surface area contributed by atoms with Crippen LogP contribution >= 0.6 is 0 Å². The first-order valence-corrected chi connectivity index (χ1v) is 15.0. The van der Waals surface area contributed by atoms with Crippen LogP contribution in [-0.2, 0) is 15.3 Å². The third kappa shape index (κ3) is 5.57. The van der Waals surface area contributed by atoms with Crippen molar-refractivity contribution in [3.8, 4) is 6.07 Å². The lowest BCUT2D eigenvalue weighted by Gasteiger charge is -2.34. The summed E-state index contributed by atoms with van der Waals surface area (Å²) < 4.78 is 39.9. The topological polar surface area (TPSA) is 122 Å². The molecule has 2 heterocycles. The van der Waals surface area contributed by atoms with E-state index in [0.717, 1.165) is 30.4 Å². The number of halogens is 1. The zero-order valence-corrected chi connectivity index (χ0v) is 24.1. The molecule has 208 valence electrons. The number of benzene rings is 2. The van der Waals surface area contributed by atoms with E-state index in [9.17, 15) is 18.1 Å². The summed E-state index contributed by atoms with van der Waals surface area (Å²) in [7, 11) is -1.75. The number of hydrogen-bond donors (Lipinski definition) is 4. The van der Waals surface area contributed by atoms with Crippen molar-refractivity contribution in [1.29, 1.82) is 5.26 Å².